The third-order valence-corrected chi connectivity index (χ3v) is 3.27. The van der Waals surface area contributed by atoms with Crippen molar-refractivity contribution in [3.8, 4) is 0 Å². The Hall–Kier alpha value is -2.76. The van der Waals surface area contributed by atoms with Crippen LogP contribution in [-0.2, 0) is 4.79 Å². The van der Waals surface area contributed by atoms with Gasteiger partial charge in [-0.1, -0.05) is 0 Å². The second-order valence-electron chi connectivity index (χ2n) is 4.75. The van der Waals surface area contributed by atoms with Gasteiger partial charge in [-0.15, -0.1) is 0 Å². The third-order valence-electron chi connectivity index (χ3n) is 3.27. The van der Waals surface area contributed by atoms with Gasteiger partial charge in [-0.25, -0.2) is 0 Å². The van der Waals surface area contributed by atoms with E-state index < -0.39 is 0 Å². The Morgan fingerprint density at radius 1 is 1.24 bits per heavy atom. The maximum Gasteiger partial charge on any atom is 0.291 e. The van der Waals surface area contributed by atoms with Crippen molar-refractivity contribution in [3.05, 3.63) is 48.4 Å². The molecule has 0 saturated carbocycles. The van der Waals surface area contributed by atoms with Crippen molar-refractivity contribution in [1.29, 1.82) is 0 Å². The molecular weight excluding hydrogens is 270 g/mol. The number of anilines is 2. The van der Waals surface area contributed by atoms with E-state index >= 15 is 0 Å². The Morgan fingerprint density at radius 2 is 2.05 bits per heavy atom. The summed E-state index contributed by atoms with van der Waals surface area (Å²) in [5.41, 5.74) is 1.64. The van der Waals surface area contributed by atoms with Crippen molar-refractivity contribution in [2.24, 2.45) is 0 Å². The van der Waals surface area contributed by atoms with E-state index in [9.17, 15) is 9.59 Å². The van der Waals surface area contributed by atoms with Crippen molar-refractivity contribution < 1.29 is 14.0 Å². The summed E-state index contributed by atoms with van der Waals surface area (Å²) in [6, 6.07) is 10.7. The lowest BCUT2D eigenvalue weighted by Crippen LogP contribution is -2.47. The fourth-order valence-electron chi connectivity index (χ4n) is 2.22. The van der Waals surface area contributed by atoms with Crippen molar-refractivity contribution >= 4 is 23.2 Å². The van der Waals surface area contributed by atoms with Gasteiger partial charge in [0.25, 0.3) is 5.91 Å². The highest BCUT2D eigenvalue weighted by atomic mass is 16.3. The number of rotatable bonds is 3. The summed E-state index contributed by atoms with van der Waals surface area (Å²) in [6.45, 7) is 1.79. The number of carbonyl (C=O) groups excluding carboxylic acids is 2. The van der Waals surface area contributed by atoms with Crippen LogP contribution < -0.4 is 15.5 Å². The smallest absolute Gasteiger partial charge is 0.291 e. The van der Waals surface area contributed by atoms with E-state index in [0.29, 0.717) is 18.8 Å². The predicted molar refractivity (Wildman–Crippen MR) is 78.3 cm³/mol. The number of nitrogens with zero attached hydrogens (tertiary/aromatic N) is 1. The highest BCUT2D eigenvalue weighted by Crippen LogP contribution is 2.19. The molecule has 1 aromatic carbocycles. The van der Waals surface area contributed by atoms with E-state index in [2.05, 4.69) is 10.6 Å². The molecular formula is C15H15N3O3. The number of carbonyl (C=O) groups is 2. The second kappa shape index (κ2) is 5.70. The zero-order valence-electron chi connectivity index (χ0n) is 11.3. The third kappa shape index (κ3) is 3.05. The van der Waals surface area contributed by atoms with Crippen LogP contribution in [0.25, 0.3) is 0 Å². The summed E-state index contributed by atoms with van der Waals surface area (Å²) >= 11 is 0. The Bertz CT molecular complexity index is 635. The van der Waals surface area contributed by atoms with Crippen molar-refractivity contribution in [1.82, 2.24) is 5.32 Å². The molecule has 1 aromatic heterocycles. The summed E-state index contributed by atoms with van der Waals surface area (Å²) in [7, 11) is 0. The molecule has 0 aliphatic carbocycles. The highest BCUT2D eigenvalue weighted by Gasteiger charge is 2.16. The van der Waals surface area contributed by atoms with Gasteiger partial charge in [0.2, 0.25) is 5.91 Å². The summed E-state index contributed by atoms with van der Waals surface area (Å²) in [5.74, 6) is 0.00771. The quantitative estimate of drug-likeness (QED) is 0.895. The van der Waals surface area contributed by atoms with Gasteiger partial charge in [-0.2, -0.15) is 0 Å². The molecule has 2 heterocycles. The topological polar surface area (TPSA) is 74.6 Å². The lowest BCUT2D eigenvalue weighted by Gasteiger charge is -2.28. The van der Waals surface area contributed by atoms with Gasteiger partial charge in [-0.3, -0.25) is 9.59 Å². The van der Waals surface area contributed by atoms with Crippen LogP contribution in [0.5, 0.6) is 0 Å². The molecule has 0 bridgehead atoms. The van der Waals surface area contributed by atoms with E-state index in [4.69, 9.17) is 4.42 Å². The summed E-state index contributed by atoms with van der Waals surface area (Å²) in [6.07, 6.45) is 1.46. The minimum absolute atomic E-state index is 0.0245. The van der Waals surface area contributed by atoms with Gasteiger partial charge in [0.1, 0.15) is 0 Å². The first-order chi connectivity index (χ1) is 10.2. The lowest BCUT2D eigenvalue weighted by atomic mass is 10.2. The molecule has 0 spiro atoms. The molecule has 2 N–H and O–H groups in total. The Kier molecular flexibility index (Phi) is 3.59. The monoisotopic (exact) mass is 285 g/mol. The van der Waals surface area contributed by atoms with Crippen LogP contribution in [0, 0.1) is 0 Å². The number of piperazine rings is 1. The Balaban J connectivity index is 1.66. The zero-order chi connectivity index (χ0) is 14.7. The summed E-state index contributed by atoms with van der Waals surface area (Å²) in [4.78, 5) is 25.2. The van der Waals surface area contributed by atoms with Crippen molar-refractivity contribution in [2.75, 3.05) is 29.9 Å². The van der Waals surface area contributed by atoms with Crippen LogP contribution in [0.2, 0.25) is 0 Å². The molecule has 0 radical (unpaired) electrons. The van der Waals surface area contributed by atoms with E-state index in [1.165, 1.54) is 6.26 Å². The first-order valence-corrected chi connectivity index (χ1v) is 6.69. The molecule has 108 valence electrons. The predicted octanol–water partition coefficient (Wildman–Crippen LogP) is 1.47. The van der Waals surface area contributed by atoms with Gasteiger partial charge >= 0.3 is 0 Å². The van der Waals surface area contributed by atoms with Crippen LogP contribution in [0.15, 0.2) is 47.1 Å². The van der Waals surface area contributed by atoms with Crippen LogP contribution >= 0.6 is 0 Å². The van der Waals surface area contributed by atoms with Crippen LogP contribution in [-0.4, -0.2) is 31.4 Å². The van der Waals surface area contributed by atoms with Gasteiger partial charge in [-0.05, 0) is 36.4 Å². The van der Waals surface area contributed by atoms with Gasteiger partial charge in [0.15, 0.2) is 5.76 Å². The standard InChI is InChI=1S/C15H15N3O3/c19-14-10-18(8-7-16-14)12-5-3-11(4-6-12)17-15(20)13-2-1-9-21-13/h1-6,9H,7-8,10H2,(H,16,19)(H,17,20). The lowest BCUT2D eigenvalue weighted by molar-refractivity contribution is -0.120. The molecule has 2 aromatic rings. The fourth-order valence-corrected chi connectivity index (χ4v) is 2.22. The SMILES string of the molecule is O=C1CN(c2ccc(NC(=O)c3ccco3)cc2)CCN1. The van der Waals surface area contributed by atoms with E-state index in [0.717, 1.165) is 12.2 Å². The molecule has 3 rings (SSSR count). The molecule has 0 unspecified atom stereocenters. The molecule has 21 heavy (non-hydrogen) atoms. The molecule has 1 saturated heterocycles. The number of amides is 2. The minimum Gasteiger partial charge on any atom is -0.459 e. The first kappa shape index (κ1) is 13.2. The second-order valence-corrected chi connectivity index (χ2v) is 4.75. The Morgan fingerprint density at radius 3 is 2.71 bits per heavy atom. The van der Waals surface area contributed by atoms with E-state index in [1.54, 1.807) is 12.1 Å². The maximum atomic E-state index is 11.8. The number of hydrogen-bond donors (Lipinski definition) is 2. The normalized spacial score (nSPS) is 14.7. The average Bonchev–Trinajstić information content (AvgIpc) is 3.02. The van der Waals surface area contributed by atoms with Crippen LogP contribution in [0.3, 0.4) is 0 Å². The van der Waals surface area contributed by atoms with Crippen LogP contribution in [0.4, 0.5) is 11.4 Å². The molecule has 1 fully saturated rings. The molecule has 2 amide bonds. The number of furan rings is 1. The summed E-state index contributed by atoms with van der Waals surface area (Å²) in [5, 5.41) is 5.54. The Labute approximate surface area is 121 Å². The van der Waals surface area contributed by atoms with Gasteiger partial charge in [0.05, 0.1) is 12.8 Å². The van der Waals surface area contributed by atoms with Gasteiger partial charge < -0.3 is 20.0 Å². The van der Waals surface area contributed by atoms with Gasteiger partial charge in [0, 0.05) is 24.5 Å². The molecule has 6 heteroatoms. The van der Waals surface area contributed by atoms with E-state index in [1.807, 2.05) is 29.2 Å². The molecule has 1 aliphatic rings. The van der Waals surface area contributed by atoms with E-state index in [-0.39, 0.29) is 17.6 Å². The first-order valence-electron chi connectivity index (χ1n) is 6.69. The highest BCUT2D eigenvalue weighted by molar-refractivity contribution is 6.02. The van der Waals surface area contributed by atoms with Crippen molar-refractivity contribution in [2.45, 2.75) is 0 Å². The van der Waals surface area contributed by atoms with Crippen LogP contribution in [0.1, 0.15) is 10.6 Å². The number of benzene rings is 1. The largest absolute Gasteiger partial charge is 0.459 e. The molecule has 1 aliphatic heterocycles. The molecule has 6 nitrogen and oxygen atoms in total. The summed E-state index contributed by atoms with van der Waals surface area (Å²) < 4.78 is 5.03. The maximum absolute atomic E-state index is 11.8. The van der Waals surface area contributed by atoms with Crippen molar-refractivity contribution in [3.63, 3.8) is 0 Å². The zero-order valence-corrected chi connectivity index (χ0v) is 11.3. The minimum atomic E-state index is -0.287. The average molecular weight is 285 g/mol. The number of hydrogen-bond acceptors (Lipinski definition) is 4. The fraction of sp³-hybridized carbons (Fsp3) is 0.200. The number of nitrogens with one attached hydrogen (secondary N) is 2. The molecule has 0 atom stereocenters.